The lowest BCUT2D eigenvalue weighted by Crippen LogP contribution is -2.27. The Morgan fingerprint density at radius 1 is 1.40 bits per heavy atom. The molecule has 1 N–H and O–H groups in total. The lowest BCUT2D eigenvalue weighted by Gasteiger charge is -2.19. The fourth-order valence-corrected chi connectivity index (χ4v) is 1.77. The van der Waals surface area contributed by atoms with Crippen LogP contribution in [0.2, 0.25) is 5.02 Å². The zero-order valence-corrected chi connectivity index (χ0v) is 12.2. The molecule has 0 spiro atoms. The number of hydrogen-bond acceptors (Lipinski definition) is 4. The van der Waals surface area contributed by atoms with Crippen molar-refractivity contribution in [3.05, 3.63) is 35.5 Å². The van der Waals surface area contributed by atoms with E-state index in [0.29, 0.717) is 16.5 Å². The molecular weight excluding hydrogens is 280 g/mol. The van der Waals surface area contributed by atoms with Crippen molar-refractivity contribution in [2.24, 2.45) is 0 Å². The maximum Gasteiger partial charge on any atom is 0.412 e. The van der Waals surface area contributed by atoms with Gasteiger partial charge >= 0.3 is 6.09 Å². The molecular formula is C14H15ClN2O3. The highest BCUT2D eigenvalue weighted by atomic mass is 35.5. The molecule has 0 fully saturated rings. The monoisotopic (exact) mass is 294 g/mol. The topological polar surface area (TPSA) is 64.4 Å². The third-order valence-corrected chi connectivity index (χ3v) is 2.53. The van der Waals surface area contributed by atoms with Crippen molar-refractivity contribution in [2.75, 3.05) is 5.32 Å². The number of rotatable bonds is 2. The Kier molecular flexibility index (Phi) is 3.99. The number of carbonyl (C=O) groups is 1. The first kappa shape index (κ1) is 14.4. The van der Waals surface area contributed by atoms with Crippen LogP contribution in [0, 0.1) is 0 Å². The van der Waals surface area contributed by atoms with E-state index in [-0.39, 0.29) is 0 Å². The van der Waals surface area contributed by atoms with Crippen LogP contribution in [-0.4, -0.2) is 16.9 Å². The highest BCUT2D eigenvalue weighted by Gasteiger charge is 2.19. The average molecular weight is 295 g/mol. The molecule has 0 aliphatic carbocycles. The molecule has 1 heterocycles. The summed E-state index contributed by atoms with van der Waals surface area (Å²) in [7, 11) is 0. The number of hydrogen-bond donors (Lipinski definition) is 1. The van der Waals surface area contributed by atoms with Gasteiger partial charge in [0.2, 0.25) is 0 Å². The molecule has 6 heteroatoms. The first-order valence-electron chi connectivity index (χ1n) is 6.06. The second-order valence-corrected chi connectivity index (χ2v) is 5.64. The molecule has 0 atom stereocenters. The van der Waals surface area contributed by atoms with Gasteiger partial charge in [-0.1, -0.05) is 28.9 Å². The van der Waals surface area contributed by atoms with E-state index in [1.54, 1.807) is 39.0 Å². The molecule has 5 nitrogen and oxygen atoms in total. The van der Waals surface area contributed by atoms with Gasteiger partial charge in [-0.15, -0.1) is 0 Å². The van der Waals surface area contributed by atoms with Gasteiger partial charge in [0.15, 0.2) is 5.76 Å². The maximum atomic E-state index is 11.7. The second kappa shape index (κ2) is 5.54. The Labute approximate surface area is 121 Å². The predicted octanol–water partition coefficient (Wildman–Crippen LogP) is 4.34. The maximum absolute atomic E-state index is 11.7. The fourth-order valence-electron chi connectivity index (χ4n) is 1.58. The lowest BCUT2D eigenvalue weighted by molar-refractivity contribution is 0.0636. The normalized spacial score (nSPS) is 11.2. The first-order valence-corrected chi connectivity index (χ1v) is 6.43. The van der Waals surface area contributed by atoms with Crippen molar-refractivity contribution in [1.82, 2.24) is 5.16 Å². The van der Waals surface area contributed by atoms with Crippen LogP contribution in [0.4, 0.5) is 10.5 Å². The molecule has 1 aromatic carbocycles. The van der Waals surface area contributed by atoms with E-state index in [2.05, 4.69) is 10.5 Å². The van der Waals surface area contributed by atoms with E-state index >= 15 is 0 Å². The Hall–Kier alpha value is -2.01. The molecule has 0 radical (unpaired) electrons. The summed E-state index contributed by atoms with van der Waals surface area (Å²) in [5.74, 6) is 0.429. The van der Waals surface area contributed by atoms with Crippen LogP contribution >= 0.6 is 11.6 Å². The third kappa shape index (κ3) is 3.74. The lowest BCUT2D eigenvalue weighted by atomic mass is 10.1. The first-order chi connectivity index (χ1) is 9.35. The zero-order valence-electron chi connectivity index (χ0n) is 11.4. The largest absolute Gasteiger partial charge is 0.444 e. The molecule has 0 unspecified atom stereocenters. The Balaban J connectivity index is 2.19. The van der Waals surface area contributed by atoms with E-state index in [4.69, 9.17) is 20.9 Å². The molecule has 1 aromatic heterocycles. The predicted molar refractivity (Wildman–Crippen MR) is 76.8 cm³/mol. The smallest absolute Gasteiger partial charge is 0.412 e. The summed E-state index contributed by atoms with van der Waals surface area (Å²) in [5, 5.41) is 6.87. The van der Waals surface area contributed by atoms with Gasteiger partial charge < -0.3 is 9.26 Å². The van der Waals surface area contributed by atoms with E-state index < -0.39 is 11.7 Å². The number of anilines is 1. The summed E-state index contributed by atoms with van der Waals surface area (Å²) >= 11 is 5.93. The Morgan fingerprint density at radius 3 is 2.80 bits per heavy atom. The third-order valence-electron chi connectivity index (χ3n) is 2.29. The standard InChI is InChI=1S/C14H15ClN2O3/c1-14(2,3)19-13(18)17-11-8-16-20-12(11)9-5-4-6-10(15)7-9/h4-8H,1-3H3,(H,17,18). The van der Waals surface area contributed by atoms with Gasteiger partial charge in [-0.25, -0.2) is 4.79 Å². The van der Waals surface area contributed by atoms with Crippen LogP contribution in [0.25, 0.3) is 11.3 Å². The van der Waals surface area contributed by atoms with Gasteiger partial charge in [0.1, 0.15) is 11.3 Å². The fraction of sp³-hybridized carbons (Fsp3) is 0.286. The van der Waals surface area contributed by atoms with Crippen molar-refractivity contribution >= 4 is 23.4 Å². The minimum atomic E-state index is -0.572. The van der Waals surface area contributed by atoms with E-state index in [0.717, 1.165) is 5.56 Å². The molecule has 20 heavy (non-hydrogen) atoms. The number of ether oxygens (including phenoxy) is 1. The average Bonchev–Trinajstić information content (AvgIpc) is 2.74. The molecule has 0 aliphatic rings. The van der Waals surface area contributed by atoms with Gasteiger partial charge in [0, 0.05) is 10.6 Å². The Bertz CT molecular complexity index is 617. The van der Waals surface area contributed by atoms with Crippen LogP contribution in [-0.2, 0) is 4.74 Å². The van der Waals surface area contributed by atoms with E-state index in [1.807, 2.05) is 6.07 Å². The van der Waals surface area contributed by atoms with Crippen molar-refractivity contribution < 1.29 is 14.1 Å². The summed E-state index contributed by atoms with van der Waals surface area (Å²) in [6, 6.07) is 7.08. The van der Waals surface area contributed by atoms with Gasteiger partial charge in [-0.2, -0.15) is 0 Å². The van der Waals surface area contributed by atoms with Crippen LogP contribution in [0.15, 0.2) is 35.0 Å². The molecule has 0 saturated heterocycles. The molecule has 2 rings (SSSR count). The summed E-state index contributed by atoms with van der Waals surface area (Å²) < 4.78 is 10.3. The second-order valence-electron chi connectivity index (χ2n) is 5.21. The molecule has 2 aromatic rings. The quantitative estimate of drug-likeness (QED) is 0.894. The summed E-state index contributed by atoms with van der Waals surface area (Å²) in [6.45, 7) is 5.37. The highest BCUT2D eigenvalue weighted by molar-refractivity contribution is 6.30. The molecule has 0 aliphatic heterocycles. The summed E-state index contributed by atoms with van der Waals surface area (Å²) in [5.41, 5.74) is 0.583. The van der Waals surface area contributed by atoms with Crippen LogP contribution < -0.4 is 5.32 Å². The molecule has 1 amide bonds. The van der Waals surface area contributed by atoms with Crippen molar-refractivity contribution in [2.45, 2.75) is 26.4 Å². The number of carbonyl (C=O) groups excluding carboxylic acids is 1. The minimum Gasteiger partial charge on any atom is -0.444 e. The van der Waals surface area contributed by atoms with Gasteiger partial charge in [0.25, 0.3) is 0 Å². The SMILES string of the molecule is CC(C)(C)OC(=O)Nc1cnoc1-c1cccc(Cl)c1. The number of aromatic nitrogens is 1. The highest BCUT2D eigenvalue weighted by Crippen LogP contribution is 2.29. The van der Waals surface area contributed by atoms with E-state index in [9.17, 15) is 4.79 Å². The van der Waals surface area contributed by atoms with Gasteiger partial charge in [-0.3, -0.25) is 5.32 Å². The molecule has 0 bridgehead atoms. The Morgan fingerprint density at radius 2 is 2.15 bits per heavy atom. The van der Waals surface area contributed by atoms with E-state index in [1.165, 1.54) is 6.20 Å². The van der Waals surface area contributed by atoms with Crippen LogP contribution in [0.3, 0.4) is 0 Å². The van der Waals surface area contributed by atoms with Crippen molar-refractivity contribution in [1.29, 1.82) is 0 Å². The van der Waals surface area contributed by atoms with Crippen molar-refractivity contribution in [3.8, 4) is 11.3 Å². The van der Waals surface area contributed by atoms with Gasteiger partial charge in [-0.05, 0) is 32.9 Å². The van der Waals surface area contributed by atoms with Crippen LogP contribution in [0.1, 0.15) is 20.8 Å². The van der Waals surface area contributed by atoms with Crippen molar-refractivity contribution in [3.63, 3.8) is 0 Å². The molecule has 0 saturated carbocycles. The summed E-state index contributed by atoms with van der Waals surface area (Å²) in [6.07, 6.45) is 0.851. The zero-order chi connectivity index (χ0) is 14.8. The number of halogens is 1. The number of nitrogens with zero attached hydrogens (tertiary/aromatic N) is 1. The molecule has 106 valence electrons. The minimum absolute atomic E-state index is 0.429. The number of benzene rings is 1. The summed E-state index contributed by atoms with van der Waals surface area (Å²) in [4.78, 5) is 11.7. The number of amides is 1. The van der Waals surface area contributed by atoms with Gasteiger partial charge in [0.05, 0.1) is 6.20 Å². The number of nitrogens with one attached hydrogen (secondary N) is 1. The van der Waals surface area contributed by atoms with Crippen LogP contribution in [0.5, 0.6) is 0 Å².